The van der Waals surface area contributed by atoms with Gasteiger partial charge in [0.2, 0.25) is 10.0 Å². The summed E-state index contributed by atoms with van der Waals surface area (Å²) in [5, 5.41) is 9.98. The number of hydrogen-bond acceptors (Lipinski definition) is 5. The Labute approximate surface area is 134 Å². The number of rotatable bonds is 6. The first-order chi connectivity index (χ1) is 10.7. The summed E-state index contributed by atoms with van der Waals surface area (Å²) < 4.78 is 32.5. The fourth-order valence-electron chi connectivity index (χ4n) is 2.28. The van der Waals surface area contributed by atoms with Crippen LogP contribution in [0.15, 0.2) is 35.4 Å². The standard InChI is InChI=1S/C15H18N2O5S/c1-10-7-11-5-4-6-16-13(11)12(8-10)23(20,21)17-15(2,9-22-3)14(18)19/h4-8,17H,9H2,1-3H3,(H,18,19). The molecule has 0 aliphatic rings. The summed E-state index contributed by atoms with van der Waals surface area (Å²) in [6.45, 7) is 2.71. The maximum absolute atomic E-state index is 12.7. The molecule has 1 aromatic carbocycles. The first kappa shape index (κ1) is 17.3. The average molecular weight is 338 g/mol. The molecular weight excluding hydrogens is 320 g/mol. The van der Waals surface area contributed by atoms with Gasteiger partial charge in [-0.3, -0.25) is 9.78 Å². The van der Waals surface area contributed by atoms with Crippen LogP contribution in [-0.4, -0.2) is 43.7 Å². The van der Waals surface area contributed by atoms with E-state index < -0.39 is 21.5 Å². The number of methoxy groups -OCH3 is 1. The lowest BCUT2D eigenvalue weighted by molar-refractivity contribution is -0.145. The highest BCUT2D eigenvalue weighted by molar-refractivity contribution is 7.89. The van der Waals surface area contributed by atoms with Gasteiger partial charge < -0.3 is 9.84 Å². The molecule has 1 heterocycles. The minimum absolute atomic E-state index is 0.0586. The number of sulfonamides is 1. The Morgan fingerprint density at radius 3 is 2.74 bits per heavy atom. The van der Waals surface area contributed by atoms with E-state index in [4.69, 9.17) is 4.74 Å². The second-order valence-corrected chi connectivity index (χ2v) is 7.16. The summed E-state index contributed by atoms with van der Waals surface area (Å²) in [6, 6.07) is 6.73. The zero-order valence-corrected chi connectivity index (χ0v) is 13.8. The largest absolute Gasteiger partial charge is 0.480 e. The van der Waals surface area contributed by atoms with E-state index in [-0.39, 0.29) is 17.0 Å². The number of ether oxygens (including phenoxy) is 1. The molecule has 0 aliphatic heterocycles. The minimum Gasteiger partial charge on any atom is -0.480 e. The molecule has 0 saturated heterocycles. The lowest BCUT2D eigenvalue weighted by atomic mass is 10.1. The van der Waals surface area contributed by atoms with Gasteiger partial charge in [-0.25, -0.2) is 8.42 Å². The molecule has 0 saturated carbocycles. The number of aryl methyl sites for hydroxylation is 1. The van der Waals surface area contributed by atoms with Gasteiger partial charge in [-0.1, -0.05) is 6.07 Å². The van der Waals surface area contributed by atoms with Gasteiger partial charge in [0.15, 0.2) is 5.54 Å². The van der Waals surface area contributed by atoms with Crippen LogP contribution in [0.1, 0.15) is 12.5 Å². The van der Waals surface area contributed by atoms with Crippen LogP contribution in [0.2, 0.25) is 0 Å². The van der Waals surface area contributed by atoms with Crippen molar-refractivity contribution < 1.29 is 23.1 Å². The summed E-state index contributed by atoms with van der Waals surface area (Å²) in [5.74, 6) is -1.33. The molecule has 0 amide bonds. The normalized spacial score (nSPS) is 14.6. The quantitative estimate of drug-likeness (QED) is 0.823. The molecule has 23 heavy (non-hydrogen) atoms. The Kier molecular flexibility index (Phi) is 4.69. The molecule has 0 aliphatic carbocycles. The zero-order valence-electron chi connectivity index (χ0n) is 13.0. The van der Waals surface area contributed by atoms with Crippen LogP contribution in [0.25, 0.3) is 10.9 Å². The number of nitrogens with zero attached hydrogens (tertiary/aromatic N) is 1. The number of carbonyl (C=O) groups is 1. The maximum Gasteiger partial charge on any atom is 0.327 e. The topological polar surface area (TPSA) is 106 Å². The maximum atomic E-state index is 12.7. The summed E-state index contributed by atoms with van der Waals surface area (Å²) in [4.78, 5) is 15.5. The van der Waals surface area contributed by atoms with Crippen molar-refractivity contribution in [3.05, 3.63) is 36.0 Å². The Bertz CT molecular complexity index is 850. The Balaban J connectivity index is 2.58. The van der Waals surface area contributed by atoms with Gasteiger partial charge in [0.05, 0.1) is 12.1 Å². The van der Waals surface area contributed by atoms with Crippen molar-refractivity contribution in [1.29, 1.82) is 0 Å². The third-order valence-electron chi connectivity index (χ3n) is 3.37. The van der Waals surface area contributed by atoms with Gasteiger partial charge in [0.25, 0.3) is 0 Å². The molecule has 7 nitrogen and oxygen atoms in total. The summed E-state index contributed by atoms with van der Waals surface area (Å²) in [6.07, 6.45) is 1.49. The SMILES string of the molecule is COCC(C)(NS(=O)(=O)c1cc(C)cc2cccnc12)C(=O)O. The first-order valence-corrected chi connectivity index (χ1v) is 8.29. The number of hydrogen-bond donors (Lipinski definition) is 2. The first-order valence-electron chi connectivity index (χ1n) is 6.81. The van der Waals surface area contributed by atoms with Crippen molar-refractivity contribution >= 4 is 26.9 Å². The van der Waals surface area contributed by atoms with E-state index in [0.717, 1.165) is 5.56 Å². The number of benzene rings is 1. The summed E-state index contributed by atoms with van der Waals surface area (Å²) >= 11 is 0. The van der Waals surface area contributed by atoms with Crippen LogP contribution >= 0.6 is 0 Å². The second-order valence-electron chi connectivity index (χ2n) is 5.51. The molecule has 1 atom stereocenters. The number of fused-ring (bicyclic) bond motifs is 1. The molecule has 2 rings (SSSR count). The highest BCUT2D eigenvalue weighted by Crippen LogP contribution is 2.24. The van der Waals surface area contributed by atoms with Crippen molar-refractivity contribution in [3.8, 4) is 0 Å². The van der Waals surface area contributed by atoms with Crippen LogP contribution in [0.4, 0.5) is 0 Å². The van der Waals surface area contributed by atoms with Gasteiger partial charge in [-0.2, -0.15) is 4.72 Å². The number of aromatic nitrogens is 1. The molecule has 8 heteroatoms. The smallest absolute Gasteiger partial charge is 0.327 e. The molecule has 2 aromatic rings. The Hall–Kier alpha value is -2.03. The number of pyridine rings is 1. The number of carboxylic acids is 1. The fraction of sp³-hybridized carbons (Fsp3) is 0.333. The van der Waals surface area contributed by atoms with E-state index in [1.165, 1.54) is 26.3 Å². The monoisotopic (exact) mass is 338 g/mol. The molecular formula is C15H18N2O5S. The Morgan fingerprint density at radius 1 is 1.43 bits per heavy atom. The minimum atomic E-state index is -4.11. The average Bonchev–Trinajstić information content (AvgIpc) is 2.45. The third kappa shape index (κ3) is 3.49. The molecule has 0 fully saturated rings. The predicted molar refractivity (Wildman–Crippen MR) is 84.7 cm³/mol. The van der Waals surface area contributed by atoms with E-state index in [0.29, 0.717) is 5.39 Å². The van der Waals surface area contributed by atoms with Crippen molar-refractivity contribution in [2.75, 3.05) is 13.7 Å². The molecule has 2 N–H and O–H groups in total. The number of aliphatic carboxylic acids is 1. The van der Waals surface area contributed by atoms with Gasteiger partial charge >= 0.3 is 5.97 Å². The van der Waals surface area contributed by atoms with Crippen LogP contribution in [0, 0.1) is 6.92 Å². The van der Waals surface area contributed by atoms with Crippen molar-refractivity contribution in [1.82, 2.24) is 9.71 Å². The van der Waals surface area contributed by atoms with E-state index in [1.807, 2.05) is 6.07 Å². The van der Waals surface area contributed by atoms with Crippen LogP contribution in [0.3, 0.4) is 0 Å². The van der Waals surface area contributed by atoms with Crippen LogP contribution in [-0.2, 0) is 19.6 Å². The molecule has 1 unspecified atom stereocenters. The molecule has 0 radical (unpaired) electrons. The number of nitrogens with one attached hydrogen (secondary N) is 1. The third-order valence-corrected chi connectivity index (χ3v) is 4.98. The van der Waals surface area contributed by atoms with Crippen molar-refractivity contribution in [2.45, 2.75) is 24.3 Å². The van der Waals surface area contributed by atoms with Crippen LogP contribution in [0.5, 0.6) is 0 Å². The van der Waals surface area contributed by atoms with Crippen molar-refractivity contribution in [3.63, 3.8) is 0 Å². The summed E-state index contributed by atoms with van der Waals surface area (Å²) in [7, 11) is -2.80. The van der Waals surface area contributed by atoms with Gasteiger partial charge in [-0.05, 0) is 37.6 Å². The van der Waals surface area contributed by atoms with E-state index in [9.17, 15) is 18.3 Å². The highest BCUT2D eigenvalue weighted by Gasteiger charge is 2.38. The fourth-order valence-corrected chi connectivity index (χ4v) is 3.90. The van der Waals surface area contributed by atoms with Crippen LogP contribution < -0.4 is 4.72 Å². The van der Waals surface area contributed by atoms with Crippen molar-refractivity contribution in [2.24, 2.45) is 0 Å². The van der Waals surface area contributed by atoms with E-state index >= 15 is 0 Å². The predicted octanol–water partition coefficient (Wildman–Crippen LogP) is 1.31. The lowest BCUT2D eigenvalue weighted by Gasteiger charge is -2.25. The Morgan fingerprint density at radius 2 is 2.13 bits per heavy atom. The van der Waals surface area contributed by atoms with E-state index in [2.05, 4.69) is 9.71 Å². The zero-order chi connectivity index (χ0) is 17.3. The molecule has 0 bridgehead atoms. The van der Waals surface area contributed by atoms with Gasteiger partial charge in [0, 0.05) is 18.7 Å². The molecule has 124 valence electrons. The summed E-state index contributed by atoms with van der Waals surface area (Å²) in [5.41, 5.74) is -0.760. The van der Waals surface area contributed by atoms with Gasteiger partial charge in [-0.15, -0.1) is 0 Å². The number of carboxylic acid groups (broad SMARTS) is 1. The van der Waals surface area contributed by atoms with E-state index in [1.54, 1.807) is 19.1 Å². The molecule has 0 spiro atoms. The van der Waals surface area contributed by atoms with Gasteiger partial charge in [0.1, 0.15) is 4.90 Å². The lowest BCUT2D eigenvalue weighted by Crippen LogP contribution is -2.55. The highest BCUT2D eigenvalue weighted by atomic mass is 32.2. The molecule has 1 aromatic heterocycles. The second kappa shape index (κ2) is 6.23.